The third-order valence-corrected chi connectivity index (χ3v) is 5.46. The van der Waals surface area contributed by atoms with E-state index in [2.05, 4.69) is 15.2 Å². The molecule has 0 aliphatic rings. The van der Waals surface area contributed by atoms with Gasteiger partial charge in [-0.1, -0.05) is 41.6 Å². The highest BCUT2D eigenvalue weighted by atomic mass is 35.5. The molecule has 2 aromatic heterocycles. The van der Waals surface area contributed by atoms with Crippen molar-refractivity contribution < 1.29 is 13.5 Å². The highest BCUT2D eigenvalue weighted by Crippen LogP contribution is 2.26. The summed E-state index contributed by atoms with van der Waals surface area (Å²) in [7, 11) is 1.87. The third kappa shape index (κ3) is 4.60. The molecule has 2 heterocycles. The number of hydrogen-bond donors (Lipinski definition) is 0. The first-order valence-corrected chi connectivity index (χ1v) is 10.1. The lowest BCUT2D eigenvalue weighted by Crippen LogP contribution is -2.04. The predicted octanol–water partition coefficient (Wildman–Crippen LogP) is 5.13. The number of halogens is 2. The standard InChI is InChI=1S/C20H16ClFN4O2S/c1-26-18(11-27-17-8-3-2-7-16(17)21)24-25-20(26)29-12-15-10-28-19(23-15)13-5-4-6-14(22)9-13/h2-10H,11-12H2,1H3. The van der Waals surface area contributed by atoms with Gasteiger partial charge in [0, 0.05) is 18.4 Å². The minimum Gasteiger partial charge on any atom is -0.484 e. The molecule has 0 fully saturated rings. The van der Waals surface area contributed by atoms with Crippen LogP contribution in [0.1, 0.15) is 11.5 Å². The minimum absolute atomic E-state index is 0.251. The van der Waals surface area contributed by atoms with Gasteiger partial charge in [0.25, 0.3) is 0 Å². The van der Waals surface area contributed by atoms with E-state index in [0.29, 0.717) is 33.8 Å². The zero-order valence-electron chi connectivity index (χ0n) is 15.4. The maximum Gasteiger partial charge on any atom is 0.226 e. The molecule has 0 saturated carbocycles. The van der Waals surface area contributed by atoms with Crippen molar-refractivity contribution in [2.24, 2.45) is 7.05 Å². The van der Waals surface area contributed by atoms with E-state index in [0.717, 1.165) is 10.9 Å². The molecule has 0 bridgehead atoms. The van der Waals surface area contributed by atoms with Crippen LogP contribution in [0.15, 0.2) is 64.4 Å². The lowest BCUT2D eigenvalue weighted by molar-refractivity contribution is 0.290. The van der Waals surface area contributed by atoms with E-state index in [1.165, 1.54) is 23.9 Å². The Labute approximate surface area is 175 Å². The van der Waals surface area contributed by atoms with Gasteiger partial charge in [0.05, 0.1) is 10.7 Å². The van der Waals surface area contributed by atoms with E-state index in [1.54, 1.807) is 30.5 Å². The SMILES string of the molecule is Cn1c(COc2ccccc2Cl)nnc1SCc1coc(-c2cccc(F)c2)n1. The Morgan fingerprint density at radius 2 is 2.03 bits per heavy atom. The van der Waals surface area contributed by atoms with E-state index in [1.807, 2.05) is 23.7 Å². The van der Waals surface area contributed by atoms with Crippen molar-refractivity contribution in [3.8, 4) is 17.2 Å². The summed E-state index contributed by atoms with van der Waals surface area (Å²) >= 11 is 7.57. The normalized spacial score (nSPS) is 11.0. The van der Waals surface area contributed by atoms with E-state index >= 15 is 0 Å². The van der Waals surface area contributed by atoms with Gasteiger partial charge in [-0.05, 0) is 30.3 Å². The number of benzene rings is 2. The second kappa shape index (κ2) is 8.67. The fourth-order valence-corrected chi connectivity index (χ4v) is 3.56. The lowest BCUT2D eigenvalue weighted by Gasteiger charge is -2.07. The molecule has 4 rings (SSSR count). The topological polar surface area (TPSA) is 66.0 Å². The maximum atomic E-state index is 13.4. The van der Waals surface area contributed by atoms with Gasteiger partial charge in [-0.3, -0.25) is 0 Å². The number of aromatic nitrogens is 4. The molecule has 29 heavy (non-hydrogen) atoms. The zero-order valence-corrected chi connectivity index (χ0v) is 17.0. The molecule has 4 aromatic rings. The largest absolute Gasteiger partial charge is 0.484 e. The molecule has 9 heteroatoms. The van der Waals surface area contributed by atoms with Gasteiger partial charge in [0.2, 0.25) is 5.89 Å². The fraction of sp³-hybridized carbons (Fsp3) is 0.150. The molecule has 0 aliphatic heterocycles. The predicted molar refractivity (Wildman–Crippen MR) is 108 cm³/mol. The number of rotatable bonds is 7. The molecule has 0 spiro atoms. The molecule has 0 aliphatic carbocycles. The molecule has 0 atom stereocenters. The highest BCUT2D eigenvalue weighted by molar-refractivity contribution is 7.98. The van der Waals surface area contributed by atoms with Crippen molar-refractivity contribution in [2.75, 3.05) is 0 Å². The smallest absolute Gasteiger partial charge is 0.226 e. The lowest BCUT2D eigenvalue weighted by atomic mass is 10.2. The Kier molecular flexibility index (Phi) is 5.82. The van der Waals surface area contributed by atoms with Gasteiger partial charge >= 0.3 is 0 Å². The molecular weight excluding hydrogens is 415 g/mol. The van der Waals surface area contributed by atoms with Crippen molar-refractivity contribution in [1.29, 1.82) is 0 Å². The quantitative estimate of drug-likeness (QED) is 0.378. The average Bonchev–Trinajstić information content (AvgIpc) is 3.33. The van der Waals surface area contributed by atoms with Crippen LogP contribution in [0.3, 0.4) is 0 Å². The van der Waals surface area contributed by atoms with Gasteiger partial charge in [-0.15, -0.1) is 10.2 Å². The number of nitrogens with zero attached hydrogens (tertiary/aromatic N) is 4. The second-order valence-electron chi connectivity index (χ2n) is 6.12. The van der Waals surface area contributed by atoms with Gasteiger partial charge in [-0.2, -0.15) is 0 Å². The molecule has 0 N–H and O–H groups in total. The summed E-state index contributed by atoms with van der Waals surface area (Å²) in [6.45, 7) is 0.251. The Morgan fingerprint density at radius 3 is 2.86 bits per heavy atom. The second-order valence-corrected chi connectivity index (χ2v) is 7.47. The van der Waals surface area contributed by atoms with E-state index in [-0.39, 0.29) is 12.4 Å². The van der Waals surface area contributed by atoms with Crippen LogP contribution in [0.5, 0.6) is 5.75 Å². The summed E-state index contributed by atoms with van der Waals surface area (Å²) in [5.74, 6) is 1.86. The van der Waals surface area contributed by atoms with E-state index in [4.69, 9.17) is 20.8 Å². The van der Waals surface area contributed by atoms with Crippen LogP contribution in [-0.4, -0.2) is 19.7 Å². The van der Waals surface area contributed by atoms with Crippen molar-refractivity contribution in [3.63, 3.8) is 0 Å². The number of para-hydroxylation sites is 1. The third-order valence-electron chi connectivity index (χ3n) is 4.09. The van der Waals surface area contributed by atoms with Crippen molar-refractivity contribution in [2.45, 2.75) is 17.5 Å². The van der Waals surface area contributed by atoms with E-state index < -0.39 is 0 Å². The molecule has 6 nitrogen and oxygen atoms in total. The molecule has 0 saturated heterocycles. The summed E-state index contributed by atoms with van der Waals surface area (Å²) in [5.41, 5.74) is 1.32. The Balaban J connectivity index is 1.38. The summed E-state index contributed by atoms with van der Waals surface area (Å²) in [6.07, 6.45) is 1.56. The number of ether oxygens (including phenoxy) is 1. The fourth-order valence-electron chi connectivity index (χ4n) is 2.57. The zero-order chi connectivity index (χ0) is 20.2. The van der Waals surface area contributed by atoms with Crippen LogP contribution < -0.4 is 4.74 Å². The Hall–Kier alpha value is -2.84. The summed E-state index contributed by atoms with van der Waals surface area (Å²) in [4.78, 5) is 4.41. The van der Waals surface area contributed by atoms with Gasteiger partial charge in [0.1, 0.15) is 24.4 Å². The van der Waals surface area contributed by atoms with Gasteiger partial charge < -0.3 is 13.7 Å². The van der Waals surface area contributed by atoms with Crippen LogP contribution in [0.2, 0.25) is 5.02 Å². The summed E-state index contributed by atoms with van der Waals surface area (Å²) in [6, 6.07) is 13.4. The first-order chi connectivity index (χ1) is 14.1. The van der Waals surface area contributed by atoms with Crippen LogP contribution in [-0.2, 0) is 19.4 Å². The average molecular weight is 431 g/mol. The first kappa shape index (κ1) is 19.5. The van der Waals surface area contributed by atoms with Crippen LogP contribution >= 0.6 is 23.4 Å². The summed E-state index contributed by atoms with van der Waals surface area (Å²) < 4.78 is 26.4. The first-order valence-electron chi connectivity index (χ1n) is 8.69. The molecule has 0 amide bonds. The van der Waals surface area contributed by atoms with Crippen LogP contribution in [0, 0.1) is 5.82 Å². The number of hydrogen-bond acceptors (Lipinski definition) is 6. The summed E-state index contributed by atoms with van der Waals surface area (Å²) in [5, 5.41) is 9.64. The van der Waals surface area contributed by atoms with Crippen molar-refractivity contribution in [1.82, 2.24) is 19.7 Å². The molecule has 148 valence electrons. The molecule has 2 aromatic carbocycles. The molecule has 0 unspecified atom stereocenters. The maximum absolute atomic E-state index is 13.4. The van der Waals surface area contributed by atoms with Gasteiger partial charge in [0.15, 0.2) is 11.0 Å². The minimum atomic E-state index is -0.331. The van der Waals surface area contributed by atoms with E-state index in [9.17, 15) is 4.39 Å². The van der Waals surface area contributed by atoms with Crippen molar-refractivity contribution in [3.05, 3.63) is 77.2 Å². The number of thioether (sulfide) groups is 1. The van der Waals surface area contributed by atoms with Crippen LogP contribution in [0.25, 0.3) is 11.5 Å². The monoisotopic (exact) mass is 430 g/mol. The van der Waals surface area contributed by atoms with Crippen LogP contribution in [0.4, 0.5) is 4.39 Å². The molecule has 0 radical (unpaired) electrons. The number of oxazole rings is 1. The highest BCUT2D eigenvalue weighted by Gasteiger charge is 2.13. The van der Waals surface area contributed by atoms with Crippen molar-refractivity contribution >= 4 is 23.4 Å². The Morgan fingerprint density at radius 1 is 1.17 bits per heavy atom. The Bertz CT molecular complexity index is 1130. The van der Waals surface area contributed by atoms with Gasteiger partial charge in [-0.25, -0.2) is 9.37 Å². The molecular formula is C20H16ClFN4O2S.